The van der Waals surface area contributed by atoms with Gasteiger partial charge >= 0.3 is 0 Å². The Morgan fingerprint density at radius 3 is 2.53 bits per heavy atom. The molecular formula is C13H20ClNO3S. The van der Waals surface area contributed by atoms with Crippen molar-refractivity contribution in [3.8, 4) is 0 Å². The first-order chi connectivity index (χ1) is 8.77. The van der Waals surface area contributed by atoms with E-state index in [-0.39, 0.29) is 23.5 Å². The van der Waals surface area contributed by atoms with E-state index in [0.717, 1.165) is 0 Å². The normalized spacial score (nSPS) is 15.2. The van der Waals surface area contributed by atoms with Crippen molar-refractivity contribution in [1.29, 1.82) is 0 Å². The van der Waals surface area contributed by atoms with Crippen molar-refractivity contribution in [3.63, 3.8) is 0 Å². The van der Waals surface area contributed by atoms with Crippen LogP contribution in [0, 0.1) is 5.92 Å². The first-order valence-electron chi connectivity index (χ1n) is 6.09. The summed E-state index contributed by atoms with van der Waals surface area (Å²) in [5.74, 6) is 0.0872. The van der Waals surface area contributed by atoms with Crippen LogP contribution in [-0.4, -0.2) is 32.4 Å². The Morgan fingerprint density at radius 2 is 2.00 bits per heavy atom. The number of hydrogen-bond donors (Lipinski definition) is 2. The summed E-state index contributed by atoms with van der Waals surface area (Å²) in [6.45, 7) is 4.29. The molecule has 1 aromatic carbocycles. The molecule has 0 spiro atoms. The Kier molecular flexibility index (Phi) is 5.80. The van der Waals surface area contributed by atoms with Crippen molar-refractivity contribution < 1.29 is 13.5 Å². The second-order valence-electron chi connectivity index (χ2n) is 4.82. The van der Waals surface area contributed by atoms with Gasteiger partial charge < -0.3 is 10.4 Å². The maximum atomic E-state index is 11.7. The fraction of sp³-hybridized carbons (Fsp3) is 0.538. The van der Waals surface area contributed by atoms with Crippen molar-refractivity contribution in [2.45, 2.75) is 31.3 Å². The number of aliphatic hydroxyl groups is 1. The molecule has 1 aromatic rings. The lowest BCUT2D eigenvalue weighted by atomic mass is 10.0. The molecule has 0 saturated carbocycles. The summed E-state index contributed by atoms with van der Waals surface area (Å²) < 4.78 is 23.4. The Balaban J connectivity index is 2.95. The number of aliphatic hydroxyl groups excluding tert-OH is 1. The van der Waals surface area contributed by atoms with Crippen LogP contribution in [0.5, 0.6) is 0 Å². The van der Waals surface area contributed by atoms with E-state index in [4.69, 9.17) is 16.7 Å². The number of rotatable bonds is 6. The van der Waals surface area contributed by atoms with Gasteiger partial charge in [0, 0.05) is 36.0 Å². The molecule has 108 valence electrons. The van der Waals surface area contributed by atoms with Gasteiger partial charge in [-0.2, -0.15) is 0 Å². The van der Waals surface area contributed by atoms with Gasteiger partial charge in [-0.15, -0.1) is 0 Å². The monoisotopic (exact) mass is 305 g/mol. The standard InChI is InChI=1S/C13H20ClNO3S/c1-9(8-16)10(2)15-7-11-12(14)5-4-6-13(11)19(3,17)18/h4-6,9-10,15-16H,7-8H2,1-3H3. The zero-order valence-electron chi connectivity index (χ0n) is 11.4. The predicted molar refractivity (Wildman–Crippen MR) is 77.1 cm³/mol. The van der Waals surface area contributed by atoms with Gasteiger partial charge in [-0.3, -0.25) is 0 Å². The molecule has 2 N–H and O–H groups in total. The van der Waals surface area contributed by atoms with Crippen LogP contribution in [0.1, 0.15) is 19.4 Å². The van der Waals surface area contributed by atoms with E-state index >= 15 is 0 Å². The van der Waals surface area contributed by atoms with Gasteiger partial charge in [0.05, 0.1) is 4.90 Å². The molecule has 0 amide bonds. The molecule has 0 saturated heterocycles. The fourth-order valence-electron chi connectivity index (χ4n) is 1.68. The Labute approximate surface area is 119 Å². The number of benzene rings is 1. The van der Waals surface area contributed by atoms with Gasteiger partial charge in [0.1, 0.15) is 0 Å². The quantitative estimate of drug-likeness (QED) is 0.842. The smallest absolute Gasteiger partial charge is 0.175 e. The third kappa shape index (κ3) is 4.45. The van der Waals surface area contributed by atoms with Crippen LogP contribution in [-0.2, 0) is 16.4 Å². The van der Waals surface area contributed by atoms with E-state index in [1.807, 2.05) is 13.8 Å². The van der Waals surface area contributed by atoms with Crippen molar-refractivity contribution in [2.75, 3.05) is 12.9 Å². The average Bonchev–Trinajstić information content (AvgIpc) is 2.34. The zero-order chi connectivity index (χ0) is 14.6. The molecule has 0 aliphatic rings. The number of halogens is 1. The molecule has 2 atom stereocenters. The molecule has 0 aliphatic carbocycles. The Morgan fingerprint density at radius 1 is 1.37 bits per heavy atom. The number of hydrogen-bond acceptors (Lipinski definition) is 4. The van der Waals surface area contributed by atoms with Gasteiger partial charge in [-0.1, -0.05) is 24.6 Å². The molecule has 6 heteroatoms. The molecule has 19 heavy (non-hydrogen) atoms. The van der Waals surface area contributed by atoms with Crippen LogP contribution >= 0.6 is 11.6 Å². The topological polar surface area (TPSA) is 66.4 Å². The summed E-state index contributed by atoms with van der Waals surface area (Å²) in [4.78, 5) is 0.247. The van der Waals surface area contributed by atoms with E-state index in [2.05, 4.69) is 5.32 Å². The van der Waals surface area contributed by atoms with E-state index in [1.165, 1.54) is 6.26 Å². The first-order valence-corrected chi connectivity index (χ1v) is 8.36. The lowest BCUT2D eigenvalue weighted by molar-refractivity contribution is 0.207. The summed E-state index contributed by atoms with van der Waals surface area (Å²) in [5, 5.41) is 12.7. The Hall–Kier alpha value is -0.620. The number of sulfone groups is 1. The van der Waals surface area contributed by atoms with Crippen LogP contribution in [0.25, 0.3) is 0 Å². The van der Waals surface area contributed by atoms with Crippen molar-refractivity contribution >= 4 is 21.4 Å². The van der Waals surface area contributed by atoms with Gasteiger partial charge in [0.2, 0.25) is 0 Å². The minimum absolute atomic E-state index is 0.0636. The van der Waals surface area contributed by atoms with Crippen LogP contribution < -0.4 is 5.32 Å². The van der Waals surface area contributed by atoms with E-state index in [1.54, 1.807) is 18.2 Å². The van der Waals surface area contributed by atoms with Crippen LogP contribution in [0.3, 0.4) is 0 Å². The van der Waals surface area contributed by atoms with Crippen LogP contribution in [0.15, 0.2) is 23.1 Å². The van der Waals surface area contributed by atoms with Gasteiger partial charge in [-0.05, 0) is 25.0 Å². The third-order valence-corrected chi connectivity index (χ3v) is 4.75. The molecule has 1 rings (SSSR count). The average molecular weight is 306 g/mol. The van der Waals surface area contributed by atoms with Gasteiger partial charge in [0.15, 0.2) is 9.84 Å². The van der Waals surface area contributed by atoms with Gasteiger partial charge in [0.25, 0.3) is 0 Å². The first kappa shape index (κ1) is 16.4. The van der Waals surface area contributed by atoms with Crippen LogP contribution in [0.4, 0.5) is 0 Å². The van der Waals surface area contributed by atoms with Crippen molar-refractivity contribution in [2.24, 2.45) is 5.92 Å². The summed E-state index contributed by atoms with van der Waals surface area (Å²) in [7, 11) is -3.30. The maximum Gasteiger partial charge on any atom is 0.175 e. The van der Waals surface area contributed by atoms with Gasteiger partial charge in [-0.25, -0.2) is 8.42 Å². The summed E-state index contributed by atoms with van der Waals surface area (Å²) in [6.07, 6.45) is 1.17. The minimum atomic E-state index is -3.30. The second-order valence-corrected chi connectivity index (χ2v) is 7.21. The second kappa shape index (κ2) is 6.70. The highest BCUT2D eigenvalue weighted by Gasteiger charge is 2.17. The zero-order valence-corrected chi connectivity index (χ0v) is 12.9. The van der Waals surface area contributed by atoms with E-state index in [0.29, 0.717) is 17.1 Å². The molecule has 0 heterocycles. The maximum absolute atomic E-state index is 11.7. The van der Waals surface area contributed by atoms with Crippen molar-refractivity contribution in [3.05, 3.63) is 28.8 Å². The molecule has 0 fully saturated rings. The summed E-state index contributed by atoms with van der Waals surface area (Å²) in [6, 6.07) is 4.92. The molecule has 0 aliphatic heterocycles. The molecule has 2 unspecified atom stereocenters. The largest absolute Gasteiger partial charge is 0.396 e. The predicted octanol–water partition coefficient (Wildman–Crippen LogP) is 1.85. The number of nitrogens with one attached hydrogen (secondary N) is 1. The van der Waals surface area contributed by atoms with Crippen LogP contribution in [0.2, 0.25) is 5.02 Å². The van der Waals surface area contributed by atoms with E-state index in [9.17, 15) is 8.42 Å². The molecular weight excluding hydrogens is 286 g/mol. The highest BCUT2D eigenvalue weighted by atomic mass is 35.5. The van der Waals surface area contributed by atoms with Crippen molar-refractivity contribution in [1.82, 2.24) is 5.32 Å². The summed E-state index contributed by atoms with van der Waals surface area (Å²) in [5.41, 5.74) is 0.573. The molecule has 4 nitrogen and oxygen atoms in total. The SMILES string of the molecule is CC(CO)C(C)NCc1c(Cl)cccc1S(C)(=O)=O. The lowest BCUT2D eigenvalue weighted by Gasteiger charge is -2.20. The highest BCUT2D eigenvalue weighted by Crippen LogP contribution is 2.24. The fourth-order valence-corrected chi connectivity index (χ4v) is 2.93. The van der Waals surface area contributed by atoms with E-state index < -0.39 is 9.84 Å². The minimum Gasteiger partial charge on any atom is -0.396 e. The Bertz CT molecular complexity index is 531. The molecule has 0 radical (unpaired) electrons. The lowest BCUT2D eigenvalue weighted by Crippen LogP contribution is -2.33. The molecule has 0 aromatic heterocycles. The third-order valence-electron chi connectivity index (χ3n) is 3.22. The highest BCUT2D eigenvalue weighted by molar-refractivity contribution is 7.90. The molecule has 0 bridgehead atoms. The summed E-state index contributed by atoms with van der Waals surface area (Å²) >= 11 is 6.08.